The van der Waals surface area contributed by atoms with Gasteiger partial charge < -0.3 is 10.4 Å². The fourth-order valence-electron chi connectivity index (χ4n) is 2.10. The quantitative estimate of drug-likeness (QED) is 0.884. The van der Waals surface area contributed by atoms with Crippen LogP contribution in [0, 0.1) is 0 Å². The second-order valence-corrected chi connectivity index (χ2v) is 4.72. The third-order valence-electron chi connectivity index (χ3n) is 3.13. The molecule has 0 heterocycles. The highest BCUT2D eigenvalue weighted by Gasteiger charge is 2.34. The number of benzene rings is 2. The molecule has 0 aliphatic heterocycles. The van der Waals surface area contributed by atoms with Gasteiger partial charge in [0, 0.05) is 13.1 Å². The molecule has 2 aromatic carbocycles. The van der Waals surface area contributed by atoms with Crippen LogP contribution in [0.4, 0.5) is 13.2 Å². The first-order valence-corrected chi connectivity index (χ1v) is 6.57. The van der Waals surface area contributed by atoms with Crippen LogP contribution < -0.4 is 5.32 Å². The number of alkyl halides is 3. The Morgan fingerprint density at radius 1 is 0.952 bits per heavy atom. The third kappa shape index (κ3) is 4.31. The second-order valence-electron chi connectivity index (χ2n) is 4.72. The first-order chi connectivity index (χ1) is 9.98. The minimum absolute atomic E-state index is 0.0575. The van der Waals surface area contributed by atoms with Crippen LogP contribution in [0.1, 0.15) is 22.8 Å². The van der Waals surface area contributed by atoms with Crippen molar-refractivity contribution in [2.45, 2.75) is 18.8 Å². The lowest BCUT2D eigenvalue weighted by Gasteiger charge is -2.18. The summed E-state index contributed by atoms with van der Waals surface area (Å²) in [5.41, 5.74) is 0.110. The molecule has 0 amide bonds. The zero-order valence-corrected chi connectivity index (χ0v) is 11.3. The number of hydrogen-bond donors (Lipinski definition) is 2. The van der Waals surface area contributed by atoms with Crippen molar-refractivity contribution in [2.75, 3.05) is 6.54 Å². The van der Waals surface area contributed by atoms with Crippen LogP contribution in [0.15, 0.2) is 54.6 Å². The lowest BCUT2D eigenvalue weighted by molar-refractivity contribution is -0.139. The molecular formula is C16H16F3NO. The maximum atomic E-state index is 12.9. The molecule has 1 unspecified atom stereocenters. The average Bonchev–Trinajstić information content (AvgIpc) is 2.47. The normalized spacial score (nSPS) is 13.1. The Morgan fingerprint density at radius 3 is 2.24 bits per heavy atom. The van der Waals surface area contributed by atoms with Crippen molar-refractivity contribution in [3.05, 3.63) is 71.3 Å². The molecule has 0 aliphatic carbocycles. The van der Waals surface area contributed by atoms with Crippen LogP contribution in [-0.4, -0.2) is 11.7 Å². The smallest absolute Gasteiger partial charge is 0.387 e. The monoisotopic (exact) mass is 295 g/mol. The van der Waals surface area contributed by atoms with E-state index in [1.54, 1.807) is 0 Å². The fourth-order valence-corrected chi connectivity index (χ4v) is 2.10. The van der Waals surface area contributed by atoms with Gasteiger partial charge in [-0.15, -0.1) is 0 Å². The summed E-state index contributed by atoms with van der Waals surface area (Å²) >= 11 is 0. The molecule has 0 saturated carbocycles. The minimum Gasteiger partial charge on any atom is -0.387 e. The Kier molecular flexibility index (Phi) is 4.98. The summed E-state index contributed by atoms with van der Waals surface area (Å²) in [6.07, 6.45) is -5.66. The van der Waals surface area contributed by atoms with E-state index in [-0.39, 0.29) is 12.1 Å². The maximum Gasteiger partial charge on any atom is 0.416 e. The summed E-state index contributed by atoms with van der Waals surface area (Å²) in [5.74, 6) is 0. The predicted octanol–water partition coefficient (Wildman–Crippen LogP) is 3.53. The lowest BCUT2D eigenvalue weighted by Crippen LogP contribution is -2.23. The molecule has 0 spiro atoms. The minimum atomic E-state index is -4.46. The van der Waals surface area contributed by atoms with E-state index >= 15 is 0 Å². The zero-order valence-electron chi connectivity index (χ0n) is 11.3. The van der Waals surface area contributed by atoms with E-state index < -0.39 is 17.8 Å². The SMILES string of the molecule is OC(CNCc1ccccc1)c1ccccc1C(F)(F)F. The zero-order chi connectivity index (χ0) is 15.3. The van der Waals surface area contributed by atoms with Gasteiger partial charge in [-0.3, -0.25) is 0 Å². The fraction of sp³-hybridized carbons (Fsp3) is 0.250. The average molecular weight is 295 g/mol. The third-order valence-corrected chi connectivity index (χ3v) is 3.13. The molecule has 2 nitrogen and oxygen atoms in total. The van der Waals surface area contributed by atoms with Crippen molar-refractivity contribution < 1.29 is 18.3 Å². The van der Waals surface area contributed by atoms with Gasteiger partial charge >= 0.3 is 6.18 Å². The van der Waals surface area contributed by atoms with Crippen molar-refractivity contribution in [1.29, 1.82) is 0 Å². The summed E-state index contributed by atoms with van der Waals surface area (Å²) in [4.78, 5) is 0. The highest BCUT2D eigenvalue weighted by molar-refractivity contribution is 5.31. The summed E-state index contributed by atoms with van der Waals surface area (Å²) in [6.45, 7) is 0.550. The van der Waals surface area contributed by atoms with Gasteiger partial charge in [-0.2, -0.15) is 13.2 Å². The molecule has 2 aromatic rings. The van der Waals surface area contributed by atoms with Gasteiger partial charge in [0.2, 0.25) is 0 Å². The van der Waals surface area contributed by atoms with E-state index in [1.807, 2.05) is 30.3 Å². The van der Waals surface area contributed by atoms with Crippen LogP contribution in [0.2, 0.25) is 0 Å². The van der Waals surface area contributed by atoms with E-state index in [0.717, 1.165) is 11.6 Å². The maximum absolute atomic E-state index is 12.9. The topological polar surface area (TPSA) is 32.3 Å². The van der Waals surface area contributed by atoms with Crippen LogP contribution in [0.5, 0.6) is 0 Å². The summed E-state index contributed by atoms with van der Waals surface area (Å²) in [7, 11) is 0. The van der Waals surface area contributed by atoms with Gasteiger partial charge in [0.15, 0.2) is 0 Å². The largest absolute Gasteiger partial charge is 0.416 e. The van der Waals surface area contributed by atoms with Crippen molar-refractivity contribution >= 4 is 0 Å². The van der Waals surface area contributed by atoms with E-state index in [1.165, 1.54) is 18.2 Å². The van der Waals surface area contributed by atoms with E-state index in [9.17, 15) is 18.3 Å². The molecular weight excluding hydrogens is 279 g/mol. The van der Waals surface area contributed by atoms with Crippen LogP contribution >= 0.6 is 0 Å². The van der Waals surface area contributed by atoms with Gasteiger partial charge in [0.25, 0.3) is 0 Å². The van der Waals surface area contributed by atoms with Crippen LogP contribution in [-0.2, 0) is 12.7 Å². The summed E-state index contributed by atoms with van der Waals surface area (Å²) in [5, 5.41) is 12.9. The van der Waals surface area contributed by atoms with Crippen molar-refractivity contribution in [3.8, 4) is 0 Å². The highest BCUT2D eigenvalue weighted by atomic mass is 19.4. The number of aliphatic hydroxyl groups excluding tert-OH is 1. The van der Waals surface area contributed by atoms with Crippen LogP contribution in [0.25, 0.3) is 0 Å². The Bertz CT molecular complexity index is 569. The van der Waals surface area contributed by atoms with Crippen molar-refractivity contribution in [3.63, 3.8) is 0 Å². The standard InChI is InChI=1S/C16H16F3NO/c17-16(18,19)14-9-5-4-8-13(14)15(21)11-20-10-12-6-2-1-3-7-12/h1-9,15,20-21H,10-11H2. The number of nitrogens with one attached hydrogen (secondary N) is 1. The van der Waals surface area contributed by atoms with E-state index in [4.69, 9.17) is 0 Å². The van der Waals surface area contributed by atoms with Gasteiger partial charge in [0.1, 0.15) is 0 Å². The van der Waals surface area contributed by atoms with Crippen molar-refractivity contribution in [2.24, 2.45) is 0 Å². The van der Waals surface area contributed by atoms with Crippen LogP contribution in [0.3, 0.4) is 0 Å². The molecule has 0 aliphatic rings. The number of halogens is 3. The predicted molar refractivity (Wildman–Crippen MR) is 74.6 cm³/mol. The Balaban J connectivity index is 1.99. The van der Waals surface area contributed by atoms with Crippen molar-refractivity contribution in [1.82, 2.24) is 5.32 Å². The molecule has 0 aromatic heterocycles. The Morgan fingerprint density at radius 2 is 1.57 bits per heavy atom. The van der Waals surface area contributed by atoms with Gasteiger partial charge in [-0.1, -0.05) is 48.5 Å². The first kappa shape index (κ1) is 15.5. The highest BCUT2D eigenvalue weighted by Crippen LogP contribution is 2.34. The van der Waals surface area contributed by atoms with E-state index in [2.05, 4.69) is 5.32 Å². The first-order valence-electron chi connectivity index (χ1n) is 6.57. The summed E-state index contributed by atoms with van der Waals surface area (Å²) < 4.78 is 38.6. The Labute approximate surface area is 121 Å². The Hall–Kier alpha value is -1.85. The molecule has 0 radical (unpaired) electrons. The molecule has 0 fully saturated rings. The molecule has 2 N–H and O–H groups in total. The van der Waals surface area contributed by atoms with E-state index in [0.29, 0.717) is 6.54 Å². The molecule has 0 bridgehead atoms. The number of aliphatic hydroxyl groups is 1. The molecule has 0 saturated heterocycles. The number of rotatable bonds is 5. The summed E-state index contributed by atoms with van der Waals surface area (Å²) in [6, 6.07) is 14.6. The number of hydrogen-bond acceptors (Lipinski definition) is 2. The molecule has 112 valence electrons. The van der Waals surface area contributed by atoms with Gasteiger partial charge in [-0.05, 0) is 17.2 Å². The molecule has 5 heteroatoms. The molecule has 21 heavy (non-hydrogen) atoms. The second kappa shape index (κ2) is 6.74. The molecule has 2 rings (SSSR count). The van der Waals surface area contributed by atoms with Gasteiger partial charge in [-0.25, -0.2) is 0 Å². The van der Waals surface area contributed by atoms with Gasteiger partial charge in [0.05, 0.1) is 11.7 Å². The molecule has 1 atom stereocenters. The lowest BCUT2D eigenvalue weighted by atomic mass is 10.0.